The Morgan fingerprint density at radius 3 is 2.38 bits per heavy atom. The summed E-state index contributed by atoms with van der Waals surface area (Å²) in [7, 11) is 0. The molecule has 3 N–H and O–H groups in total. The Hall–Kier alpha value is -0.720. The lowest BCUT2D eigenvalue weighted by Gasteiger charge is -2.42. The van der Waals surface area contributed by atoms with Gasteiger partial charge in [0.2, 0.25) is 0 Å². The van der Waals surface area contributed by atoms with Crippen molar-refractivity contribution in [2.24, 2.45) is 0 Å². The minimum Gasteiger partial charge on any atom is -0.388 e. The first-order chi connectivity index (χ1) is 9.70. The Kier molecular flexibility index (Phi) is 6.56. The molecule has 1 aliphatic rings. The molecular formula is C16H28O5. The molecule has 0 unspecified atom stereocenters. The molecule has 5 heteroatoms. The number of allylic oxidation sites excluding steroid dienone is 2. The average Bonchev–Trinajstić information content (AvgIpc) is 2.42. The van der Waals surface area contributed by atoms with Gasteiger partial charge in [0.1, 0.15) is 18.3 Å². The molecule has 0 spiro atoms. The van der Waals surface area contributed by atoms with Gasteiger partial charge in [-0.15, -0.1) is 6.58 Å². The molecular weight excluding hydrogens is 272 g/mol. The van der Waals surface area contributed by atoms with Crippen LogP contribution in [0.2, 0.25) is 0 Å². The SMILES string of the molecule is C=C[C@@](C)(CCC=C(C)C)O[C@@H]1O[C@H](C)[C@@H](O)[C@H](O)[C@H]1O. The lowest BCUT2D eigenvalue weighted by atomic mass is 9.97. The van der Waals surface area contributed by atoms with Gasteiger partial charge in [-0.25, -0.2) is 0 Å². The first-order valence-corrected chi connectivity index (χ1v) is 7.34. The van der Waals surface area contributed by atoms with Gasteiger partial charge in [-0.2, -0.15) is 0 Å². The van der Waals surface area contributed by atoms with E-state index in [9.17, 15) is 15.3 Å². The van der Waals surface area contributed by atoms with Crippen molar-refractivity contribution in [2.45, 2.75) is 76.8 Å². The van der Waals surface area contributed by atoms with Gasteiger partial charge in [-0.3, -0.25) is 0 Å². The summed E-state index contributed by atoms with van der Waals surface area (Å²) in [5.74, 6) is 0. The van der Waals surface area contributed by atoms with Crippen LogP contribution >= 0.6 is 0 Å². The van der Waals surface area contributed by atoms with E-state index in [1.807, 2.05) is 20.8 Å². The summed E-state index contributed by atoms with van der Waals surface area (Å²) >= 11 is 0. The van der Waals surface area contributed by atoms with Crippen LogP contribution < -0.4 is 0 Å². The molecule has 1 rings (SSSR count). The third-order valence-electron chi connectivity index (χ3n) is 3.82. The van der Waals surface area contributed by atoms with E-state index in [4.69, 9.17) is 9.47 Å². The molecule has 5 nitrogen and oxygen atoms in total. The van der Waals surface area contributed by atoms with Gasteiger partial charge in [-0.05, 0) is 40.5 Å². The minimum absolute atomic E-state index is 0.611. The summed E-state index contributed by atoms with van der Waals surface area (Å²) in [6.07, 6.45) is -0.0390. The zero-order valence-electron chi connectivity index (χ0n) is 13.3. The van der Waals surface area contributed by atoms with E-state index in [1.54, 1.807) is 13.0 Å². The molecule has 0 amide bonds. The van der Waals surface area contributed by atoms with Crippen molar-refractivity contribution in [2.75, 3.05) is 0 Å². The molecule has 0 saturated carbocycles. The predicted molar refractivity (Wildman–Crippen MR) is 80.7 cm³/mol. The zero-order chi connectivity index (χ0) is 16.2. The highest BCUT2D eigenvalue weighted by Crippen LogP contribution is 2.28. The summed E-state index contributed by atoms with van der Waals surface area (Å²) in [6, 6.07) is 0. The molecule has 1 heterocycles. The van der Waals surface area contributed by atoms with Crippen molar-refractivity contribution in [3.63, 3.8) is 0 Å². The fourth-order valence-electron chi connectivity index (χ4n) is 2.23. The van der Waals surface area contributed by atoms with Crippen LogP contribution in [-0.2, 0) is 9.47 Å². The molecule has 0 radical (unpaired) electrons. The summed E-state index contributed by atoms with van der Waals surface area (Å²) in [5, 5.41) is 29.5. The van der Waals surface area contributed by atoms with Crippen molar-refractivity contribution < 1.29 is 24.8 Å². The predicted octanol–water partition coefficient (Wildman–Crippen LogP) is 1.52. The molecule has 0 aliphatic carbocycles. The Balaban J connectivity index is 2.71. The van der Waals surface area contributed by atoms with E-state index in [0.717, 1.165) is 6.42 Å². The second-order valence-electron chi connectivity index (χ2n) is 6.14. The molecule has 6 atom stereocenters. The largest absolute Gasteiger partial charge is 0.388 e. The van der Waals surface area contributed by atoms with E-state index in [1.165, 1.54) is 5.57 Å². The number of aliphatic hydroxyl groups is 3. The normalized spacial score (nSPS) is 35.9. The van der Waals surface area contributed by atoms with Gasteiger partial charge in [0.25, 0.3) is 0 Å². The molecule has 1 saturated heterocycles. The molecule has 0 aromatic rings. The van der Waals surface area contributed by atoms with Gasteiger partial charge in [0.15, 0.2) is 6.29 Å². The number of hydrogen-bond acceptors (Lipinski definition) is 5. The van der Waals surface area contributed by atoms with Crippen molar-refractivity contribution in [3.8, 4) is 0 Å². The average molecular weight is 300 g/mol. The molecule has 122 valence electrons. The first-order valence-electron chi connectivity index (χ1n) is 7.34. The summed E-state index contributed by atoms with van der Waals surface area (Å²) in [6.45, 7) is 11.3. The van der Waals surface area contributed by atoms with E-state index in [-0.39, 0.29) is 0 Å². The fraction of sp³-hybridized carbons (Fsp3) is 0.750. The Bertz CT molecular complexity index is 377. The van der Waals surface area contributed by atoms with Gasteiger partial charge in [0, 0.05) is 0 Å². The van der Waals surface area contributed by atoms with E-state index in [0.29, 0.717) is 6.42 Å². The van der Waals surface area contributed by atoms with Crippen LogP contribution in [0.5, 0.6) is 0 Å². The molecule has 0 aromatic heterocycles. The van der Waals surface area contributed by atoms with Gasteiger partial charge < -0.3 is 24.8 Å². The van der Waals surface area contributed by atoms with Crippen molar-refractivity contribution in [1.82, 2.24) is 0 Å². The van der Waals surface area contributed by atoms with Crippen LogP contribution in [0.25, 0.3) is 0 Å². The molecule has 21 heavy (non-hydrogen) atoms. The van der Waals surface area contributed by atoms with E-state index in [2.05, 4.69) is 12.7 Å². The quantitative estimate of drug-likeness (QED) is 0.648. The van der Waals surface area contributed by atoms with Crippen LogP contribution in [0, 0.1) is 0 Å². The topological polar surface area (TPSA) is 79.2 Å². The smallest absolute Gasteiger partial charge is 0.187 e. The summed E-state index contributed by atoms with van der Waals surface area (Å²) < 4.78 is 11.3. The second kappa shape index (κ2) is 7.51. The van der Waals surface area contributed by atoms with Crippen LogP contribution in [-0.4, -0.2) is 51.6 Å². The maximum Gasteiger partial charge on any atom is 0.187 e. The number of aliphatic hydroxyl groups excluding tert-OH is 3. The van der Waals surface area contributed by atoms with E-state index < -0.39 is 36.3 Å². The fourth-order valence-corrected chi connectivity index (χ4v) is 2.23. The Morgan fingerprint density at radius 1 is 1.24 bits per heavy atom. The van der Waals surface area contributed by atoms with Crippen LogP contribution in [0.4, 0.5) is 0 Å². The summed E-state index contributed by atoms with van der Waals surface area (Å²) in [5.41, 5.74) is 0.543. The Labute approximate surface area is 126 Å². The van der Waals surface area contributed by atoms with Crippen LogP contribution in [0.1, 0.15) is 40.5 Å². The molecule has 0 aromatic carbocycles. The van der Waals surface area contributed by atoms with Crippen LogP contribution in [0.3, 0.4) is 0 Å². The summed E-state index contributed by atoms with van der Waals surface area (Å²) in [4.78, 5) is 0. The first kappa shape index (κ1) is 18.3. The monoisotopic (exact) mass is 300 g/mol. The van der Waals surface area contributed by atoms with Crippen molar-refractivity contribution in [3.05, 3.63) is 24.3 Å². The molecule has 0 bridgehead atoms. The maximum atomic E-state index is 9.99. The number of rotatable bonds is 6. The van der Waals surface area contributed by atoms with Crippen LogP contribution in [0.15, 0.2) is 24.3 Å². The second-order valence-corrected chi connectivity index (χ2v) is 6.14. The number of ether oxygens (including phenoxy) is 2. The highest BCUT2D eigenvalue weighted by molar-refractivity contribution is 5.00. The lowest BCUT2D eigenvalue weighted by Crippen LogP contribution is -2.58. The van der Waals surface area contributed by atoms with Gasteiger partial charge >= 0.3 is 0 Å². The van der Waals surface area contributed by atoms with Crippen molar-refractivity contribution in [1.29, 1.82) is 0 Å². The van der Waals surface area contributed by atoms with E-state index >= 15 is 0 Å². The third-order valence-corrected chi connectivity index (χ3v) is 3.82. The van der Waals surface area contributed by atoms with Gasteiger partial charge in [-0.1, -0.05) is 17.7 Å². The maximum absolute atomic E-state index is 9.99. The zero-order valence-corrected chi connectivity index (χ0v) is 13.3. The van der Waals surface area contributed by atoms with Gasteiger partial charge in [0.05, 0.1) is 11.7 Å². The Morgan fingerprint density at radius 2 is 1.86 bits per heavy atom. The lowest BCUT2D eigenvalue weighted by molar-refractivity contribution is -0.313. The third kappa shape index (κ3) is 4.90. The highest BCUT2D eigenvalue weighted by Gasteiger charge is 2.44. The molecule has 1 fully saturated rings. The standard InChI is InChI=1S/C16H28O5/c1-6-16(5,9-7-8-10(2)3)21-15-14(19)13(18)12(17)11(4)20-15/h6,8,11-15,17-19H,1,7,9H2,2-5H3/t11-,12-,13+,14-,15+,16+/m1/s1. The highest BCUT2D eigenvalue weighted by atomic mass is 16.7. The number of hydrogen-bond donors (Lipinski definition) is 3. The minimum atomic E-state index is -1.29. The van der Waals surface area contributed by atoms with Crippen molar-refractivity contribution >= 4 is 0 Å². The molecule has 1 aliphatic heterocycles.